The number of anilines is 1. The molecular formula is C22H19N. The SMILES string of the molecule is Cc1ccccc1CNc1ccc2cc3ccccc3cc2c1. The van der Waals surface area contributed by atoms with Crippen LogP contribution in [0.4, 0.5) is 5.69 Å². The van der Waals surface area contributed by atoms with Gasteiger partial charge in [0.15, 0.2) is 0 Å². The molecule has 0 aliphatic carbocycles. The molecule has 0 aromatic heterocycles. The maximum absolute atomic E-state index is 3.54. The van der Waals surface area contributed by atoms with Crippen molar-refractivity contribution in [3.8, 4) is 0 Å². The van der Waals surface area contributed by atoms with Crippen molar-refractivity contribution in [2.45, 2.75) is 13.5 Å². The first-order valence-electron chi connectivity index (χ1n) is 8.00. The Hall–Kier alpha value is -2.80. The van der Waals surface area contributed by atoms with Crippen LogP contribution < -0.4 is 5.32 Å². The van der Waals surface area contributed by atoms with Crippen molar-refractivity contribution in [2.75, 3.05) is 5.32 Å². The zero-order chi connectivity index (χ0) is 15.6. The fourth-order valence-electron chi connectivity index (χ4n) is 3.06. The highest BCUT2D eigenvalue weighted by molar-refractivity contribution is 5.99. The number of aryl methyl sites for hydroxylation is 1. The van der Waals surface area contributed by atoms with E-state index in [1.807, 2.05) is 0 Å². The van der Waals surface area contributed by atoms with E-state index in [1.54, 1.807) is 0 Å². The Balaban J connectivity index is 1.65. The third kappa shape index (κ3) is 2.78. The predicted octanol–water partition coefficient (Wildman–Crippen LogP) is 5.91. The quantitative estimate of drug-likeness (QED) is 0.463. The summed E-state index contributed by atoms with van der Waals surface area (Å²) < 4.78 is 0. The lowest BCUT2D eigenvalue weighted by Crippen LogP contribution is -2.00. The van der Waals surface area contributed by atoms with Gasteiger partial charge in [-0.3, -0.25) is 0 Å². The number of nitrogens with one attached hydrogen (secondary N) is 1. The lowest BCUT2D eigenvalue weighted by Gasteiger charge is -2.10. The molecule has 0 spiro atoms. The molecule has 4 rings (SSSR count). The van der Waals surface area contributed by atoms with E-state index >= 15 is 0 Å². The number of hydrogen-bond acceptors (Lipinski definition) is 1. The van der Waals surface area contributed by atoms with Crippen LogP contribution in [0.25, 0.3) is 21.5 Å². The summed E-state index contributed by atoms with van der Waals surface area (Å²) in [6.07, 6.45) is 0. The second-order valence-corrected chi connectivity index (χ2v) is 6.04. The van der Waals surface area contributed by atoms with Gasteiger partial charge in [0.1, 0.15) is 0 Å². The number of fused-ring (bicyclic) bond motifs is 2. The highest BCUT2D eigenvalue weighted by Gasteiger charge is 2.01. The Morgan fingerprint density at radius 1 is 0.652 bits per heavy atom. The topological polar surface area (TPSA) is 12.0 Å². The van der Waals surface area contributed by atoms with Gasteiger partial charge in [-0.15, -0.1) is 0 Å². The van der Waals surface area contributed by atoms with Crippen molar-refractivity contribution in [3.63, 3.8) is 0 Å². The monoisotopic (exact) mass is 297 g/mol. The highest BCUT2D eigenvalue weighted by Crippen LogP contribution is 2.25. The van der Waals surface area contributed by atoms with E-state index in [-0.39, 0.29) is 0 Å². The van der Waals surface area contributed by atoms with E-state index in [9.17, 15) is 0 Å². The van der Waals surface area contributed by atoms with Gasteiger partial charge in [0.05, 0.1) is 0 Å². The summed E-state index contributed by atoms with van der Waals surface area (Å²) in [6.45, 7) is 3.01. The molecule has 0 saturated carbocycles. The molecule has 4 aromatic rings. The Bertz CT molecular complexity index is 985. The molecule has 0 amide bonds. The van der Waals surface area contributed by atoms with Crippen LogP contribution in [0.15, 0.2) is 78.9 Å². The van der Waals surface area contributed by atoms with Gasteiger partial charge in [0, 0.05) is 12.2 Å². The van der Waals surface area contributed by atoms with E-state index in [0.29, 0.717) is 0 Å². The minimum absolute atomic E-state index is 0.853. The van der Waals surface area contributed by atoms with Crippen LogP contribution in [0.3, 0.4) is 0 Å². The average molecular weight is 297 g/mol. The summed E-state index contributed by atoms with van der Waals surface area (Å²) in [5.74, 6) is 0. The van der Waals surface area contributed by atoms with Crippen LogP contribution in [0, 0.1) is 6.92 Å². The molecule has 4 aromatic carbocycles. The number of rotatable bonds is 3. The summed E-state index contributed by atoms with van der Waals surface area (Å²) in [7, 11) is 0. The smallest absolute Gasteiger partial charge is 0.0403 e. The third-order valence-electron chi connectivity index (χ3n) is 4.45. The normalized spacial score (nSPS) is 11.0. The second-order valence-electron chi connectivity index (χ2n) is 6.04. The van der Waals surface area contributed by atoms with Gasteiger partial charge >= 0.3 is 0 Å². The van der Waals surface area contributed by atoms with Crippen LogP contribution in [-0.4, -0.2) is 0 Å². The maximum Gasteiger partial charge on any atom is 0.0403 e. The summed E-state index contributed by atoms with van der Waals surface area (Å²) in [5, 5.41) is 8.68. The molecule has 1 nitrogen and oxygen atoms in total. The molecule has 0 unspecified atom stereocenters. The third-order valence-corrected chi connectivity index (χ3v) is 4.45. The van der Waals surface area contributed by atoms with Crippen LogP contribution in [0.2, 0.25) is 0 Å². The molecule has 0 saturated heterocycles. The van der Waals surface area contributed by atoms with E-state index in [4.69, 9.17) is 0 Å². The van der Waals surface area contributed by atoms with Crippen molar-refractivity contribution < 1.29 is 0 Å². The van der Waals surface area contributed by atoms with Crippen LogP contribution >= 0.6 is 0 Å². The van der Waals surface area contributed by atoms with Crippen LogP contribution in [-0.2, 0) is 6.54 Å². The van der Waals surface area contributed by atoms with Crippen LogP contribution in [0.5, 0.6) is 0 Å². The fourth-order valence-corrected chi connectivity index (χ4v) is 3.06. The molecule has 23 heavy (non-hydrogen) atoms. The number of benzene rings is 4. The lowest BCUT2D eigenvalue weighted by molar-refractivity contribution is 1.12. The van der Waals surface area contributed by atoms with Crippen molar-refractivity contribution in [1.82, 2.24) is 0 Å². The average Bonchev–Trinajstić information content (AvgIpc) is 2.59. The van der Waals surface area contributed by atoms with Gasteiger partial charge in [0.25, 0.3) is 0 Å². The molecule has 1 heteroatoms. The molecule has 0 aliphatic rings. The number of hydrogen-bond donors (Lipinski definition) is 1. The van der Waals surface area contributed by atoms with E-state index in [1.165, 1.54) is 32.7 Å². The fraction of sp³-hybridized carbons (Fsp3) is 0.0909. The first-order chi connectivity index (χ1) is 11.3. The van der Waals surface area contributed by atoms with Gasteiger partial charge in [-0.05, 0) is 63.9 Å². The summed E-state index contributed by atoms with van der Waals surface area (Å²) in [5.41, 5.74) is 3.83. The molecule has 112 valence electrons. The van der Waals surface area contributed by atoms with E-state index in [2.05, 4.69) is 91.1 Å². The predicted molar refractivity (Wildman–Crippen MR) is 100.0 cm³/mol. The Morgan fingerprint density at radius 2 is 1.30 bits per heavy atom. The Labute approximate surface area is 136 Å². The first kappa shape index (κ1) is 13.8. The zero-order valence-corrected chi connectivity index (χ0v) is 13.2. The Kier molecular flexibility index (Phi) is 3.47. The highest BCUT2D eigenvalue weighted by atomic mass is 14.9. The van der Waals surface area contributed by atoms with Gasteiger partial charge in [-0.2, -0.15) is 0 Å². The molecule has 0 atom stereocenters. The molecule has 0 heterocycles. The molecule has 0 radical (unpaired) electrons. The standard InChI is InChI=1S/C22H19N/c1-16-6-2-3-9-20(16)15-23-22-11-10-19-12-17-7-4-5-8-18(17)13-21(19)14-22/h2-14,23H,15H2,1H3. The Morgan fingerprint density at radius 3 is 2.09 bits per heavy atom. The summed E-state index contributed by atoms with van der Waals surface area (Å²) in [4.78, 5) is 0. The molecule has 0 fully saturated rings. The van der Waals surface area contributed by atoms with Gasteiger partial charge in [0.2, 0.25) is 0 Å². The van der Waals surface area contributed by atoms with Gasteiger partial charge in [-0.1, -0.05) is 54.6 Å². The first-order valence-corrected chi connectivity index (χ1v) is 8.00. The molecule has 0 aliphatic heterocycles. The van der Waals surface area contributed by atoms with E-state index in [0.717, 1.165) is 12.2 Å². The van der Waals surface area contributed by atoms with Crippen molar-refractivity contribution >= 4 is 27.2 Å². The molecular weight excluding hydrogens is 278 g/mol. The lowest BCUT2D eigenvalue weighted by atomic mass is 10.0. The van der Waals surface area contributed by atoms with Crippen LogP contribution in [0.1, 0.15) is 11.1 Å². The van der Waals surface area contributed by atoms with E-state index < -0.39 is 0 Å². The summed E-state index contributed by atoms with van der Waals surface area (Å²) >= 11 is 0. The minimum atomic E-state index is 0.853. The van der Waals surface area contributed by atoms with Gasteiger partial charge < -0.3 is 5.32 Å². The largest absolute Gasteiger partial charge is 0.381 e. The van der Waals surface area contributed by atoms with Crippen molar-refractivity contribution in [1.29, 1.82) is 0 Å². The maximum atomic E-state index is 3.54. The minimum Gasteiger partial charge on any atom is -0.381 e. The summed E-state index contributed by atoms with van der Waals surface area (Å²) in [6, 6.07) is 28.1. The molecule has 1 N–H and O–H groups in total. The zero-order valence-electron chi connectivity index (χ0n) is 13.2. The molecule has 0 bridgehead atoms. The van der Waals surface area contributed by atoms with Crippen molar-refractivity contribution in [3.05, 3.63) is 90.0 Å². The van der Waals surface area contributed by atoms with Gasteiger partial charge in [-0.25, -0.2) is 0 Å². The second kappa shape index (κ2) is 5.77. The van der Waals surface area contributed by atoms with Crippen molar-refractivity contribution in [2.24, 2.45) is 0 Å².